The molecule has 0 unspecified atom stereocenters. The summed E-state index contributed by atoms with van der Waals surface area (Å²) in [6.45, 7) is 1.19. The molecule has 0 atom stereocenters. The molecule has 0 aliphatic carbocycles. The highest BCUT2D eigenvalue weighted by atomic mass is 16.6. The van der Waals surface area contributed by atoms with Gasteiger partial charge in [0.15, 0.2) is 0 Å². The van der Waals surface area contributed by atoms with Gasteiger partial charge >= 0.3 is 0 Å². The third-order valence-corrected chi connectivity index (χ3v) is 2.23. The molecule has 3 N–H and O–H groups in total. The van der Waals surface area contributed by atoms with E-state index in [4.69, 9.17) is 15.2 Å². The predicted molar refractivity (Wildman–Crippen MR) is 60.0 cm³/mol. The number of hydrogen-bond acceptors (Lipinski definition) is 4. The first kappa shape index (κ1) is 10.9. The van der Waals surface area contributed by atoms with Gasteiger partial charge in [-0.25, -0.2) is 0 Å². The van der Waals surface area contributed by atoms with E-state index in [2.05, 4.69) is 5.32 Å². The number of amides is 1. The van der Waals surface area contributed by atoms with Crippen molar-refractivity contribution in [2.75, 3.05) is 30.9 Å². The van der Waals surface area contributed by atoms with E-state index in [0.29, 0.717) is 24.6 Å². The molecule has 1 aliphatic heterocycles. The van der Waals surface area contributed by atoms with Gasteiger partial charge in [-0.15, -0.1) is 0 Å². The number of carbonyl (C=O) groups excluding carboxylic acids is 1. The van der Waals surface area contributed by atoms with Gasteiger partial charge in [-0.2, -0.15) is 0 Å². The Morgan fingerprint density at radius 1 is 1.56 bits per heavy atom. The van der Waals surface area contributed by atoms with Crippen LogP contribution in [0.25, 0.3) is 0 Å². The maximum Gasteiger partial charge on any atom is 0.250 e. The van der Waals surface area contributed by atoms with Crippen LogP contribution in [-0.2, 0) is 14.3 Å². The van der Waals surface area contributed by atoms with Crippen molar-refractivity contribution in [3.05, 3.63) is 24.3 Å². The van der Waals surface area contributed by atoms with Gasteiger partial charge in [0.25, 0.3) is 0 Å². The molecule has 1 aromatic carbocycles. The van der Waals surface area contributed by atoms with Gasteiger partial charge < -0.3 is 20.5 Å². The van der Waals surface area contributed by atoms with Crippen LogP contribution >= 0.6 is 0 Å². The summed E-state index contributed by atoms with van der Waals surface area (Å²) >= 11 is 0. The molecular weight excluding hydrogens is 208 g/mol. The largest absolute Gasteiger partial charge is 0.399 e. The van der Waals surface area contributed by atoms with Gasteiger partial charge in [-0.1, -0.05) is 6.07 Å². The molecule has 1 heterocycles. The predicted octanol–water partition coefficient (Wildman–Crippen LogP) is 0.623. The van der Waals surface area contributed by atoms with Crippen LogP contribution in [0.3, 0.4) is 0 Å². The molecule has 16 heavy (non-hydrogen) atoms. The fourth-order valence-corrected chi connectivity index (χ4v) is 1.32. The summed E-state index contributed by atoms with van der Waals surface area (Å²) in [7, 11) is 0. The molecule has 1 aromatic rings. The van der Waals surface area contributed by atoms with Gasteiger partial charge in [0, 0.05) is 11.4 Å². The topological polar surface area (TPSA) is 73.6 Å². The minimum absolute atomic E-state index is 0.0445. The fraction of sp³-hybridized carbons (Fsp3) is 0.364. The second kappa shape index (κ2) is 4.96. The Labute approximate surface area is 93.5 Å². The molecule has 1 aliphatic rings. The number of anilines is 2. The van der Waals surface area contributed by atoms with E-state index in [1.54, 1.807) is 24.3 Å². The number of ether oxygens (including phenoxy) is 2. The molecule has 0 bridgehead atoms. The highest BCUT2D eigenvalue weighted by Gasteiger charge is 2.19. The van der Waals surface area contributed by atoms with E-state index in [-0.39, 0.29) is 18.6 Å². The number of hydrogen-bond donors (Lipinski definition) is 2. The first-order chi connectivity index (χ1) is 7.74. The third-order valence-electron chi connectivity index (χ3n) is 2.23. The maximum absolute atomic E-state index is 11.5. The molecule has 5 nitrogen and oxygen atoms in total. The number of rotatable bonds is 4. The second-order valence-corrected chi connectivity index (χ2v) is 3.64. The van der Waals surface area contributed by atoms with Crippen LogP contribution in [0, 0.1) is 0 Å². The van der Waals surface area contributed by atoms with Gasteiger partial charge in [0.2, 0.25) is 5.91 Å². The quantitative estimate of drug-likeness (QED) is 0.732. The molecule has 1 fully saturated rings. The first-order valence-corrected chi connectivity index (χ1v) is 5.09. The van der Waals surface area contributed by atoms with E-state index < -0.39 is 0 Å². The molecule has 1 saturated heterocycles. The van der Waals surface area contributed by atoms with Crippen molar-refractivity contribution >= 4 is 17.3 Å². The molecule has 0 saturated carbocycles. The van der Waals surface area contributed by atoms with Crippen molar-refractivity contribution < 1.29 is 14.3 Å². The molecule has 0 radical (unpaired) electrons. The summed E-state index contributed by atoms with van der Waals surface area (Å²) in [6, 6.07) is 7.02. The van der Waals surface area contributed by atoms with E-state index >= 15 is 0 Å². The zero-order chi connectivity index (χ0) is 11.4. The Balaban J connectivity index is 1.77. The van der Waals surface area contributed by atoms with E-state index in [0.717, 1.165) is 0 Å². The number of nitrogen functional groups attached to an aromatic ring is 1. The van der Waals surface area contributed by atoms with E-state index in [1.807, 2.05) is 0 Å². The molecule has 1 amide bonds. The van der Waals surface area contributed by atoms with Gasteiger partial charge in [0.05, 0.1) is 13.2 Å². The lowest BCUT2D eigenvalue weighted by atomic mass is 10.3. The molecule has 5 heteroatoms. The molecule has 0 aromatic heterocycles. The van der Waals surface area contributed by atoms with Crippen LogP contribution in [0.2, 0.25) is 0 Å². The van der Waals surface area contributed by atoms with Gasteiger partial charge in [-0.3, -0.25) is 4.79 Å². The summed E-state index contributed by atoms with van der Waals surface area (Å²) in [4.78, 5) is 11.5. The van der Waals surface area contributed by atoms with Crippen molar-refractivity contribution in [3.8, 4) is 0 Å². The zero-order valence-corrected chi connectivity index (χ0v) is 8.81. The van der Waals surface area contributed by atoms with Crippen molar-refractivity contribution in [2.45, 2.75) is 6.10 Å². The number of nitrogens with two attached hydrogens (primary N) is 1. The van der Waals surface area contributed by atoms with Crippen molar-refractivity contribution in [1.82, 2.24) is 0 Å². The summed E-state index contributed by atoms with van der Waals surface area (Å²) < 4.78 is 10.2. The summed E-state index contributed by atoms with van der Waals surface area (Å²) in [5, 5.41) is 2.70. The minimum Gasteiger partial charge on any atom is -0.399 e. The standard InChI is InChI=1S/C11H14N2O3/c12-8-2-1-3-9(4-8)13-11(14)7-16-10-5-15-6-10/h1-4,10H,5-7,12H2,(H,13,14). The Hall–Kier alpha value is -1.59. The molecule has 86 valence electrons. The number of nitrogens with one attached hydrogen (secondary N) is 1. The van der Waals surface area contributed by atoms with Crippen molar-refractivity contribution in [2.24, 2.45) is 0 Å². The monoisotopic (exact) mass is 222 g/mol. The summed E-state index contributed by atoms with van der Waals surface area (Å²) in [6.07, 6.45) is 0.0617. The van der Waals surface area contributed by atoms with E-state index in [1.165, 1.54) is 0 Å². The number of benzene rings is 1. The van der Waals surface area contributed by atoms with Crippen LogP contribution in [0.1, 0.15) is 0 Å². The van der Waals surface area contributed by atoms with Gasteiger partial charge in [0.1, 0.15) is 12.7 Å². The summed E-state index contributed by atoms with van der Waals surface area (Å²) in [5.41, 5.74) is 6.88. The maximum atomic E-state index is 11.5. The summed E-state index contributed by atoms with van der Waals surface area (Å²) in [5.74, 6) is -0.183. The smallest absolute Gasteiger partial charge is 0.250 e. The SMILES string of the molecule is Nc1cccc(NC(=O)COC2COC2)c1. The minimum atomic E-state index is -0.183. The van der Waals surface area contributed by atoms with Gasteiger partial charge in [-0.05, 0) is 18.2 Å². The first-order valence-electron chi connectivity index (χ1n) is 5.09. The Morgan fingerprint density at radius 2 is 2.38 bits per heavy atom. The fourth-order valence-electron chi connectivity index (χ4n) is 1.32. The van der Waals surface area contributed by atoms with Crippen LogP contribution in [0.15, 0.2) is 24.3 Å². The van der Waals surface area contributed by atoms with Crippen LogP contribution < -0.4 is 11.1 Å². The zero-order valence-electron chi connectivity index (χ0n) is 8.81. The Morgan fingerprint density at radius 3 is 3.00 bits per heavy atom. The molecular formula is C11H14N2O3. The average molecular weight is 222 g/mol. The lowest BCUT2D eigenvalue weighted by molar-refractivity contribution is -0.144. The second-order valence-electron chi connectivity index (χ2n) is 3.64. The van der Waals surface area contributed by atoms with Crippen molar-refractivity contribution in [1.29, 1.82) is 0 Å². The number of carbonyl (C=O) groups is 1. The van der Waals surface area contributed by atoms with E-state index in [9.17, 15) is 4.79 Å². The molecule has 0 spiro atoms. The third kappa shape index (κ3) is 2.95. The van der Waals surface area contributed by atoms with Crippen molar-refractivity contribution in [3.63, 3.8) is 0 Å². The lowest BCUT2D eigenvalue weighted by Crippen LogP contribution is -2.38. The van der Waals surface area contributed by atoms with Crippen LogP contribution in [-0.4, -0.2) is 31.8 Å². The average Bonchev–Trinajstić information content (AvgIpc) is 2.15. The Kier molecular flexibility index (Phi) is 3.38. The Bertz CT molecular complexity index is 377. The molecule has 2 rings (SSSR count). The lowest BCUT2D eigenvalue weighted by Gasteiger charge is -2.25. The van der Waals surface area contributed by atoms with Crippen LogP contribution in [0.5, 0.6) is 0 Å². The van der Waals surface area contributed by atoms with Crippen LogP contribution in [0.4, 0.5) is 11.4 Å². The highest BCUT2D eigenvalue weighted by Crippen LogP contribution is 2.12. The highest BCUT2D eigenvalue weighted by molar-refractivity contribution is 5.92. The normalized spacial score (nSPS) is 15.5.